The summed E-state index contributed by atoms with van der Waals surface area (Å²) in [6.45, 7) is 16.8. The molecule has 0 heterocycles. The lowest BCUT2D eigenvalue weighted by atomic mass is 9.97. The molecule has 0 aliphatic carbocycles. The van der Waals surface area contributed by atoms with E-state index in [4.69, 9.17) is 9.16 Å². The van der Waals surface area contributed by atoms with Gasteiger partial charge in [-0.15, -0.1) is 5.92 Å². The standard InChI is InChI=1S/C25H42O3Si/c1-8-22(16-13-17-23(26)9-2)24(28-29(6,7)25(3,4)5)18-19-27-20-21-14-11-10-12-15-21/h10-12,14-15,22-24,26H,8-9,17-20H2,1-7H3/t22-,23-,24+/m1/s1. The lowest BCUT2D eigenvalue weighted by Crippen LogP contribution is -2.46. The van der Waals surface area contributed by atoms with Gasteiger partial charge in [-0.3, -0.25) is 0 Å². The Labute approximate surface area is 180 Å². The zero-order valence-electron chi connectivity index (χ0n) is 19.6. The molecule has 0 spiro atoms. The summed E-state index contributed by atoms with van der Waals surface area (Å²) in [6.07, 6.45) is 2.76. The maximum atomic E-state index is 9.81. The Hall–Kier alpha value is -1.12. The maximum absolute atomic E-state index is 9.81. The van der Waals surface area contributed by atoms with Crippen LogP contribution in [0.15, 0.2) is 30.3 Å². The summed E-state index contributed by atoms with van der Waals surface area (Å²) in [5.74, 6) is 6.76. The Morgan fingerprint density at radius 1 is 1.07 bits per heavy atom. The highest BCUT2D eigenvalue weighted by molar-refractivity contribution is 6.74. The minimum Gasteiger partial charge on any atom is -0.413 e. The van der Waals surface area contributed by atoms with Crippen LogP contribution >= 0.6 is 0 Å². The van der Waals surface area contributed by atoms with Gasteiger partial charge in [0.1, 0.15) is 0 Å². The van der Waals surface area contributed by atoms with Crippen molar-refractivity contribution < 1.29 is 14.3 Å². The van der Waals surface area contributed by atoms with Crippen molar-refractivity contribution in [2.24, 2.45) is 5.92 Å². The SMILES string of the molecule is CC[C@@H](O)CC#C[C@@H](CC)[C@H](CCOCc1ccccc1)O[Si](C)(C)C(C)(C)C. The Bertz CT molecular complexity index is 625. The van der Waals surface area contributed by atoms with E-state index in [1.165, 1.54) is 5.56 Å². The van der Waals surface area contributed by atoms with Crippen molar-refractivity contribution in [2.75, 3.05) is 6.61 Å². The molecule has 4 heteroatoms. The van der Waals surface area contributed by atoms with Crippen molar-refractivity contribution in [3.05, 3.63) is 35.9 Å². The maximum Gasteiger partial charge on any atom is 0.192 e. The van der Waals surface area contributed by atoms with Crippen LogP contribution in [-0.4, -0.2) is 32.2 Å². The fraction of sp³-hybridized carbons (Fsp3) is 0.680. The van der Waals surface area contributed by atoms with Crippen LogP contribution in [0.3, 0.4) is 0 Å². The van der Waals surface area contributed by atoms with Gasteiger partial charge in [-0.05, 0) is 43.0 Å². The highest BCUT2D eigenvalue weighted by Gasteiger charge is 2.40. The third-order valence-electron chi connectivity index (χ3n) is 5.90. The van der Waals surface area contributed by atoms with E-state index in [9.17, 15) is 5.11 Å². The van der Waals surface area contributed by atoms with Gasteiger partial charge in [-0.25, -0.2) is 0 Å². The van der Waals surface area contributed by atoms with Gasteiger partial charge in [0.15, 0.2) is 8.32 Å². The van der Waals surface area contributed by atoms with Crippen molar-refractivity contribution in [3.63, 3.8) is 0 Å². The quantitative estimate of drug-likeness (QED) is 0.265. The zero-order chi connectivity index (χ0) is 21.9. The summed E-state index contributed by atoms with van der Waals surface area (Å²) >= 11 is 0. The molecule has 0 fully saturated rings. The average Bonchev–Trinajstić information content (AvgIpc) is 2.67. The first-order valence-corrected chi connectivity index (χ1v) is 14.0. The molecule has 1 aromatic rings. The highest BCUT2D eigenvalue weighted by atomic mass is 28.4. The number of ether oxygens (including phenoxy) is 1. The van der Waals surface area contributed by atoms with Crippen LogP contribution in [0.25, 0.3) is 0 Å². The van der Waals surface area contributed by atoms with Crippen molar-refractivity contribution in [1.29, 1.82) is 0 Å². The van der Waals surface area contributed by atoms with Gasteiger partial charge in [0.05, 0.1) is 18.8 Å². The Morgan fingerprint density at radius 2 is 1.72 bits per heavy atom. The molecule has 1 rings (SSSR count). The number of hydrogen-bond acceptors (Lipinski definition) is 3. The van der Waals surface area contributed by atoms with Crippen LogP contribution in [0.4, 0.5) is 0 Å². The molecule has 0 saturated carbocycles. The zero-order valence-corrected chi connectivity index (χ0v) is 20.6. The topological polar surface area (TPSA) is 38.7 Å². The van der Waals surface area contributed by atoms with E-state index in [0.717, 1.165) is 19.3 Å². The molecule has 1 N–H and O–H groups in total. The van der Waals surface area contributed by atoms with Crippen molar-refractivity contribution in [2.45, 2.75) is 97.2 Å². The van der Waals surface area contributed by atoms with E-state index in [1.54, 1.807) is 0 Å². The third-order valence-corrected chi connectivity index (χ3v) is 10.4. The van der Waals surface area contributed by atoms with Gasteiger partial charge in [0, 0.05) is 18.9 Å². The van der Waals surface area contributed by atoms with Gasteiger partial charge in [0.2, 0.25) is 0 Å². The molecule has 1 aromatic carbocycles. The summed E-state index contributed by atoms with van der Waals surface area (Å²) in [4.78, 5) is 0. The van der Waals surface area contributed by atoms with Gasteiger partial charge >= 0.3 is 0 Å². The monoisotopic (exact) mass is 418 g/mol. The van der Waals surface area contributed by atoms with Crippen LogP contribution in [0, 0.1) is 17.8 Å². The van der Waals surface area contributed by atoms with Gasteiger partial charge in [-0.1, -0.05) is 70.9 Å². The molecule has 0 aromatic heterocycles. The molecule has 0 saturated heterocycles. The number of benzene rings is 1. The van der Waals surface area contributed by atoms with Crippen molar-refractivity contribution >= 4 is 8.32 Å². The van der Waals surface area contributed by atoms with Crippen LogP contribution in [0.5, 0.6) is 0 Å². The van der Waals surface area contributed by atoms with E-state index in [-0.39, 0.29) is 23.2 Å². The molecule has 0 bridgehead atoms. The molecule has 0 radical (unpaired) electrons. The number of hydrogen-bond donors (Lipinski definition) is 1. The van der Waals surface area contributed by atoms with Crippen LogP contribution in [0.1, 0.15) is 65.9 Å². The molecule has 164 valence electrons. The van der Waals surface area contributed by atoms with E-state index in [0.29, 0.717) is 19.6 Å². The number of aliphatic hydroxyl groups is 1. The van der Waals surface area contributed by atoms with Crippen LogP contribution in [0.2, 0.25) is 18.1 Å². The van der Waals surface area contributed by atoms with Gasteiger partial charge in [-0.2, -0.15) is 0 Å². The van der Waals surface area contributed by atoms with E-state index >= 15 is 0 Å². The second-order valence-corrected chi connectivity index (χ2v) is 14.1. The van der Waals surface area contributed by atoms with E-state index in [2.05, 4.69) is 64.8 Å². The minimum absolute atomic E-state index is 0.0583. The molecular formula is C25H42O3Si. The molecule has 0 amide bonds. The van der Waals surface area contributed by atoms with Crippen LogP contribution < -0.4 is 0 Å². The van der Waals surface area contributed by atoms with Crippen LogP contribution in [-0.2, 0) is 15.8 Å². The van der Waals surface area contributed by atoms with Gasteiger partial charge < -0.3 is 14.3 Å². The minimum atomic E-state index is -1.91. The molecule has 0 unspecified atom stereocenters. The number of aliphatic hydroxyl groups excluding tert-OH is 1. The summed E-state index contributed by atoms with van der Waals surface area (Å²) < 4.78 is 12.7. The smallest absolute Gasteiger partial charge is 0.192 e. The highest BCUT2D eigenvalue weighted by Crippen LogP contribution is 2.38. The van der Waals surface area contributed by atoms with Crippen molar-refractivity contribution in [1.82, 2.24) is 0 Å². The molecule has 29 heavy (non-hydrogen) atoms. The summed E-state index contributed by atoms with van der Waals surface area (Å²) in [6, 6.07) is 10.3. The lowest BCUT2D eigenvalue weighted by molar-refractivity contribution is 0.0619. The summed E-state index contributed by atoms with van der Waals surface area (Å²) in [5.41, 5.74) is 1.19. The Kier molecular flexibility index (Phi) is 11.2. The molecule has 3 nitrogen and oxygen atoms in total. The Morgan fingerprint density at radius 3 is 2.28 bits per heavy atom. The summed E-state index contributed by atoms with van der Waals surface area (Å²) in [7, 11) is -1.91. The number of rotatable bonds is 11. The summed E-state index contributed by atoms with van der Waals surface area (Å²) in [5, 5.41) is 9.96. The largest absolute Gasteiger partial charge is 0.413 e. The van der Waals surface area contributed by atoms with Gasteiger partial charge in [0.25, 0.3) is 0 Å². The second-order valence-electron chi connectivity index (χ2n) is 9.35. The average molecular weight is 419 g/mol. The predicted molar refractivity (Wildman–Crippen MR) is 125 cm³/mol. The second kappa shape index (κ2) is 12.5. The normalized spacial score (nSPS) is 15.3. The lowest BCUT2D eigenvalue weighted by Gasteiger charge is -2.40. The van der Waals surface area contributed by atoms with E-state index in [1.807, 2.05) is 25.1 Å². The first-order chi connectivity index (χ1) is 13.6. The fourth-order valence-corrected chi connectivity index (χ4v) is 4.16. The molecule has 3 atom stereocenters. The third kappa shape index (κ3) is 9.48. The fourth-order valence-electron chi connectivity index (χ4n) is 2.77. The van der Waals surface area contributed by atoms with E-state index < -0.39 is 8.32 Å². The first kappa shape index (κ1) is 25.9. The van der Waals surface area contributed by atoms with Crippen molar-refractivity contribution in [3.8, 4) is 11.8 Å². The molecule has 0 aliphatic rings. The predicted octanol–water partition coefficient (Wildman–Crippen LogP) is 6.17. The molecule has 0 aliphatic heterocycles. The Balaban J connectivity index is 2.80. The molecular weight excluding hydrogens is 376 g/mol. The first-order valence-electron chi connectivity index (χ1n) is 11.1.